The predicted octanol–water partition coefficient (Wildman–Crippen LogP) is 0.254. The number of amides is 3. The van der Waals surface area contributed by atoms with Gasteiger partial charge in [0.15, 0.2) is 0 Å². The number of benzene rings is 1. The fourth-order valence-corrected chi connectivity index (χ4v) is 2.94. The van der Waals surface area contributed by atoms with E-state index in [-0.39, 0.29) is 18.0 Å². The average molecular weight is 317 g/mol. The summed E-state index contributed by atoms with van der Waals surface area (Å²) >= 11 is 0. The molecule has 2 aliphatic rings. The molecule has 2 saturated heterocycles. The van der Waals surface area contributed by atoms with Crippen LogP contribution in [0.5, 0.6) is 0 Å². The van der Waals surface area contributed by atoms with Crippen LogP contribution < -0.4 is 15.6 Å². The van der Waals surface area contributed by atoms with Crippen molar-refractivity contribution in [1.82, 2.24) is 20.7 Å². The van der Waals surface area contributed by atoms with Crippen LogP contribution in [0.1, 0.15) is 6.42 Å². The van der Waals surface area contributed by atoms with E-state index in [1.807, 2.05) is 35.3 Å². The first-order valence-electron chi connectivity index (χ1n) is 7.98. The number of rotatable bonds is 3. The molecule has 7 nitrogen and oxygen atoms in total. The summed E-state index contributed by atoms with van der Waals surface area (Å²) in [5.74, 6) is 0.0427. The summed E-state index contributed by atoms with van der Waals surface area (Å²) in [7, 11) is 2.07. The van der Waals surface area contributed by atoms with Crippen molar-refractivity contribution in [2.45, 2.75) is 12.5 Å². The zero-order valence-electron chi connectivity index (χ0n) is 13.4. The van der Waals surface area contributed by atoms with Crippen LogP contribution in [-0.2, 0) is 4.79 Å². The number of para-hydroxylation sites is 1. The van der Waals surface area contributed by atoms with Crippen LogP contribution in [-0.4, -0.2) is 67.7 Å². The highest BCUT2D eigenvalue weighted by Crippen LogP contribution is 2.20. The Hall–Kier alpha value is -2.12. The van der Waals surface area contributed by atoms with Crippen molar-refractivity contribution in [3.05, 3.63) is 30.3 Å². The number of piperazine rings is 1. The highest BCUT2D eigenvalue weighted by Gasteiger charge is 2.31. The van der Waals surface area contributed by atoms with Crippen molar-refractivity contribution in [3.63, 3.8) is 0 Å². The second-order valence-corrected chi connectivity index (χ2v) is 6.12. The molecule has 1 atom stereocenters. The lowest BCUT2D eigenvalue weighted by atomic mass is 10.2. The van der Waals surface area contributed by atoms with Gasteiger partial charge in [0.1, 0.15) is 0 Å². The topological polar surface area (TPSA) is 67.9 Å². The largest absolute Gasteiger partial charge is 0.332 e. The average Bonchev–Trinajstić information content (AvgIpc) is 2.91. The van der Waals surface area contributed by atoms with E-state index in [1.54, 1.807) is 4.90 Å². The third-order valence-corrected chi connectivity index (χ3v) is 4.29. The van der Waals surface area contributed by atoms with Gasteiger partial charge in [-0.15, -0.1) is 0 Å². The number of hydrogen-bond donors (Lipinski definition) is 2. The number of likely N-dealkylation sites (N-methyl/N-ethyl adjacent to an activating group) is 1. The lowest BCUT2D eigenvalue weighted by molar-refractivity contribution is -0.117. The van der Waals surface area contributed by atoms with E-state index in [2.05, 4.69) is 22.7 Å². The quantitative estimate of drug-likeness (QED) is 0.839. The van der Waals surface area contributed by atoms with Crippen molar-refractivity contribution < 1.29 is 9.59 Å². The van der Waals surface area contributed by atoms with E-state index in [0.29, 0.717) is 13.0 Å². The van der Waals surface area contributed by atoms with Gasteiger partial charge in [-0.3, -0.25) is 10.2 Å². The number of carbonyl (C=O) groups is 2. The van der Waals surface area contributed by atoms with Gasteiger partial charge in [-0.1, -0.05) is 18.2 Å². The van der Waals surface area contributed by atoms with Gasteiger partial charge in [0.2, 0.25) is 5.91 Å². The first-order valence-corrected chi connectivity index (χ1v) is 7.98. The van der Waals surface area contributed by atoms with Gasteiger partial charge in [0.05, 0.1) is 6.04 Å². The van der Waals surface area contributed by atoms with Crippen LogP contribution in [0.4, 0.5) is 10.5 Å². The molecule has 0 aliphatic carbocycles. The Morgan fingerprint density at radius 2 is 1.83 bits per heavy atom. The smallest absolute Gasteiger partial charge is 0.329 e. The Labute approximate surface area is 136 Å². The number of carbonyl (C=O) groups excluding carboxylic acids is 2. The van der Waals surface area contributed by atoms with Crippen LogP contribution >= 0.6 is 0 Å². The normalized spacial score (nSPS) is 23.1. The van der Waals surface area contributed by atoms with Gasteiger partial charge >= 0.3 is 6.03 Å². The number of nitrogens with one attached hydrogen (secondary N) is 2. The number of anilines is 1. The molecule has 3 rings (SSSR count). The van der Waals surface area contributed by atoms with Gasteiger partial charge < -0.3 is 15.1 Å². The maximum atomic E-state index is 12.1. The molecule has 2 heterocycles. The molecule has 0 spiro atoms. The van der Waals surface area contributed by atoms with Crippen molar-refractivity contribution in [2.24, 2.45) is 0 Å². The summed E-state index contributed by atoms with van der Waals surface area (Å²) < 4.78 is 0. The molecule has 2 N–H and O–H groups in total. The van der Waals surface area contributed by atoms with Gasteiger partial charge in [-0.05, 0) is 19.2 Å². The molecule has 2 aliphatic heterocycles. The van der Waals surface area contributed by atoms with Crippen molar-refractivity contribution in [2.75, 3.05) is 44.7 Å². The summed E-state index contributed by atoms with van der Waals surface area (Å²) in [6, 6.07) is 9.16. The van der Waals surface area contributed by atoms with Crippen molar-refractivity contribution in [3.8, 4) is 0 Å². The number of hydrazine groups is 1. The van der Waals surface area contributed by atoms with Crippen LogP contribution in [0.2, 0.25) is 0 Å². The molecule has 0 aromatic heterocycles. The minimum Gasteiger partial charge on any atom is -0.332 e. The van der Waals surface area contributed by atoms with Crippen LogP contribution in [0.25, 0.3) is 0 Å². The van der Waals surface area contributed by atoms with Crippen LogP contribution in [0.3, 0.4) is 0 Å². The summed E-state index contributed by atoms with van der Waals surface area (Å²) in [4.78, 5) is 28.2. The third-order valence-electron chi connectivity index (χ3n) is 4.29. The number of nitrogens with zero attached hydrogens (tertiary/aromatic N) is 3. The molecule has 23 heavy (non-hydrogen) atoms. The molecule has 0 radical (unpaired) electrons. The maximum Gasteiger partial charge on any atom is 0.329 e. The predicted molar refractivity (Wildman–Crippen MR) is 87.9 cm³/mol. The first kappa shape index (κ1) is 15.8. The van der Waals surface area contributed by atoms with E-state index in [1.165, 1.54) is 0 Å². The zero-order valence-corrected chi connectivity index (χ0v) is 13.4. The fourth-order valence-electron chi connectivity index (χ4n) is 2.94. The summed E-state index contributed by atoms with van der Waals surface area (Å²) in [5, 5.41) is 4.82. The minimum absolute atomic E-state index is 0.0427. The third kappa shape index (κ3) is 4.00. The van der Waals surface area contributed by atoms with E-state index in [4.69, 9.17) is 0 Å². The molecule has 2 fully saturated rings. The molecule has 0 bridgehead atoms. The van der Waals surface area contributed by atoms with Gasteiger partial charge in [-0.25, -0.2) is 9.80 Å². The summed E-state index contributed by atoms with van der Waals surface area (Å²) in [6.07, 6.45) is 0.338. The lowest BCUT2D eigenvalue weighted by Gasteiger charge is -2.32. The molecule has 7 heteroatoms. The van der Waals surface area contributed by atoms with E-state index in [9.17, 15) is 9.59 Å². The van der Waals surface area contributed by atoms with Crippen LogP contribution in [0.15, 0.2) is 30.3 Å². The van der Waals surface area contributed by atoms with Crippen LogP contribution in [0, 0.1) is 0 Å². The Morgan fingerprint density at radius 3 is 2.52 bits per heavy atom. The molecule has 124 valence electrons. The second kappa shape index (κ2) is 6.97. The molecular weight excluding hydrogens is 294 g/mol. The highest BCUT2D eigenvalue weighted by atomic mass is 16.2. The Bertz CT molecular complexity index is 557. The number of urea groups is 1. The molecule has 1 unspecified atom stereocenters. The Morgan fingerprint density at radius 1 is 1.13 bits per heavy atom. The monoisotopic (exact) mass is 317 g/mol. The van der Waals surface area contributed by atoms with Gasteiger partial charge in [0.25, 0.3) is 0 Å². The lowest BCUT2D eigenvalue weighted by Crippen LogP contribution is -2.56. The highest BCUT2D eigenvalue weighted by molar-refractivity contribution is 5.96. The fraction of sp³-hybridized carbons (Fsp3) is 0.500. The van der Waals surface area contributed by atoms with Gasteiger partial charge in [0, 0.05) is 44.8 Å². The molecular formula is C16H23N5O2. The Balaban J connectivity index is 1.49. The standard InChI is InChI=1S/C16H23N5O2/c1-19-7-9-20(10-8-19)18-16(23)17-13-11-15(22)21(12-13)14-5-3-2-4-6-14/h2-6,13H,7-12H2,1H3,(H2,17,18,23). The second-order valence-electron chi connectivity index (χ2n) is 6.12. The molecule has 0 saturated carbocycles. The summed E-state index contributed by atoms with van der Waals surface area (Å²) in [5.41, 5.74) is 3.74. The van der Waals surface area contributed by atoms with Crippen molar-refractivity contribution >= 4 is 17.6 Å². The van der Waals surface area contributed by atoms with E-state index < -0.39 is 0 Å². The van der Waals surface area contributed by atoms with Crippen molar-refractivity contribution in [1.29, 1.82) is 0 Å². The van der Waals surface area contributed by atoms with E-state index in [0.717, 1.165) is 31.9 Å². The maximum absolute atomic E-state index is 12.1. The summed E-state index contributed by atoms with van der Waals surface area (Å²) in [6.45, 7) is 4.00. The first-order chi connectivity index (χ1) is 11.1. The zero-order chi connectivity index (χ0) is 16.2. The van der Waals surface area contributed by atoms with E-state index >= 15 is 0 Å². The Kier molecular flexibility index (Phi) is 4.78. The number of hydrogen-bond acceptors (Lipinski definition) is 4. The molecule has 3 amide bonds. The molecule has 1 aromatic rings. The minimum atomic E-state index is -0.234. The van der Waals surface area contributed by atoms with Gasteiger partial charge in [-0.2, -0.15) is 0 Å². The molecule has 1 aromatic carbocycles. The SMILES string of the molecule is CN1CCN(NC(=O)NC2CC(=O)N(c3ccccc3)C2)CC1.